The topological polar surface area (TPSA) is 119 Å². The Morgan fingerprint density at radius 2 is 1.08 bits per heavy atom. The Hall–Kier alpha value is -2.41. The maximum atomic E-state index is 12.7. The third kappa shape index (κ3) is 35.8. The molecule has 0 bridgehead atoms. The second kappa shape index (κ2) is 38.8. The van der Waals surface area contributed by atoms with E-state index in [1.807, 2.05) is 0 Å². The van der Waals surface area contributed by atoms with E-state index in [1.165, 1.54) is 83.5 Å². The molecular weight excluding hydrogens is 636 g/mol. The molecule has 0 saturated carbocycles. The zero-order valence-electron chi connectivity index (χ0n) is 33.2. The average molecular weight is 717 g/mol. The molecule has 296 valence electrons. The number of esters is 1. The van der Waals surface area contributed by atoms with Crippen LogP contribution in [-0.4, -0.2) is 41.6 Å². The first-order valence-electron chi connectivity index (χ1n) is 21.3. The molecular formula is C44H80N2O5. The van der Waals surface area contributed by atoms with Gasteiger partial charge in [0, 0.05) is 12.8 Å². The van der Waals surface area contributed by atoms with Crippen molar-refractivity contribution in [2.75, 3.05) is 6.54 Å². The van der Waals surface area contributed by atoms with Crippen LogP contribution in [0.3, 0.4) is 0 Å². The van der Waals surface area contributed by atoms with Crippen molar-refractivity contribution in [2.24, 2.45) is 5.73 Å². The Morgan fingerprint density at radius 1 is 0.588 bits per heavy atom. The van der Waals surface area contributed by atoms with Crippen LogP contribution in [0.25, 0.3) is 0 Å². The van der Waals surface area contributed by atoms with Crippen molar-refractivity contribution >= 4 is 17.8 Å². The SMILES string of the molecule is CC/C=C\C/C=C\C/C=C\CCCCCCCCCC(=O)OC(CCCCCCCCCC)CCCCCCCC(=O)NC(CCCN)C(=O)O. The summed E-state index contributed by atoms with van der Waals surface area (Å²) < 4.78 is 6.02. The summed E-state index contributed by atoms with van der Waals surface area (Å²) >= 11 is 0. The lowest BCUT2D eigenvalue weighted by molar-refractivity contribution is -0.150. The van der Waals surface area contributed by atoms with Gasteiger partial charge in [0.25, 0.3) is 0 Å². The lowest BCUT2D eigenvalue weighted by Crippen LogP contribution is -2.40. The predicted octanol–water partition coefficient (Wildman–Crippen LogP) is 11.8. The zero-order valence-corrected chi connectivity index (χ0v) is 33.2. The molecule has 4 N–H and O–H groups in total. The number of allylic oxidation sites excluding steroid dienone is 6. The molecule has 0 aliphatic rings. The molecule has 1 amide bonds. The number of rotatable bonds is 38. The minimum Gasteiger partial charge on any atom is -0.480 e. The van der Waals surface area contributed by atoms with Crippen LogP contribution in [0.5, 0.6) is 0 Å². The lowest BCUT2D eigenvalue weighted by atomic mass is 10.0. The fourth-order valence-corrected chi connectivity index (χ4v) is 6.29. The number of unbranched alkanes of at least 4 members (excludes halogenated alkanes) is 18. The molecule has 0 aliphatic carbocycles. The van der Waals surface area contributed by atoms with E-state index in [2.05, 4.69) is 55.6 Å². The van der Waals surface area contributed by atoms with Crippen LogP contribution in [0, 0.1) is 0 Å². The van der Waals surface area contributed by atoms with E-state index in [-0.39, 0.29) is 18.0 Å². The van der Waals surface area contributed by atoms with Crippen LogP contribution in [0.15, 0.2) is 36.5 Å². The standard InChI is InChI=1S/C44H80N2O5/c1-3-5-7-9-11-13-14-15-16-17-18-19-20-21-23-28-32-38-43(48)51-40(34-29-25-22-12-10-8-6-4-2)35-30-26-24-27-31-37-42(47)46-41(44(49)50)36-33-39-45/h5,7,11,13,15-16,40-41H,3-4,6,8-10,12,14,17-39,45H2,1-2H3,(H,46,47)(H,49,50)/b7-5-,13-11-,16-15-. The van der Waals surface area contributed by atoms with E-state index in [4.69, 9.17) is 10.5 Å². The van der Waals surface area contributed by atoms with Gasteiger partial charge in [0.05, 0.1) is 0 Å². The van der Waals surface area contributed by atoms with Crippen LogP contribution < -0.4 is 11.1 Å². The number of carbonyl (C=O) groups is 3. The first-order valence-corrected chi connectivity index (χ1v) is 21.3. The molecule has 0 spiro atoms. The number of hydrogen-bond acceptors (Lipinski definition) is 5. The summed E-state index contributed by atoms with van der Waals surface area (Å²) in [5, 5.41) is 11.9. The van der Waals surface area contributed by atoms with Crippen molar-refractivity contribution in [3.05, 3.63) is 36.5 Å². The van der Waals surface area contributed by atoms with Gasteiger partial charge in [-0.3, -0.25) is 9.59 Å². The van der Waals surface area contributed by atoms with Gasteiger partial charge in [-0.2, -0.15) is 0 Å². The third-order valence-corrected chi connectivity index (χ3v) is 9.47. The Kier molecular flexibility index (Phi) is 37.0. The molecule has 0 aromatic carbocycles. The molecule has 51 heavy (non-hydrogen) atoms. The number of nitrogens with two attached hydrogens (primary N) is 1. The first kappa shape index (κ1) is 48.6. The Bertz CT molecular complexity index is 900. The number of carbonyl (C=O) groups excluding carboxylic acids is 2. The fourth-order valence-electron chi connectivity index (χ4n) is 6.29. The van der Waals surface area contributed by atoms with Gasteiger partial charge < -0.3 is 20.9 Å². The summed E-state index contributed by atoms with van der Waals surface area (Å²) in [6.45, 7) is 4.82. The van der Waals surface area contributed by atoms with Crippen LogP contribution in [0.1, 0.15) is 206 Å². The molecule has 2 atom stereocenters. The normalized spacial score (nSPS) is 13.0. The molecule has 0 rings (SSSR count). The third-order valence-electron chi connectivity index (χ3n) is 9.47. The predicted molar refractivity (Wildman–Crippen MR) is 216 cm³/mol. The fraction of sp³-hybridized carbons (Fsp3) is 0.795. The maximum absolute atomic E-state index is 12.7. The summed E-state index contributed by atoms with van der Waals surface area (Å²) in [5.41, 5.74) is 5.48. The van der Waals surface area contributed by atoms with Crippen LogP contribution in [-0.2, 0) is 19.1 Å². The molecule has 7 heteroatoms. The first-order chi connectivity index (χ1) is 24.9. The molecule has 0 aromatic rings. The number of aliphatic carboxylic acids is 1. The van der Waals surface area contributed by atoms with Gasteiger partial charge >= 0.3 is 11.9 Å². The second-order valence-corrected chi connectivity index (χ2v) is 14.4. The molecule has 0 aliphatic heterocycles. The van der Waals surface area contributed by atoms with E-state index in [0.717, 1.165) is 83.5 Å². The van der Waals surface area contributed by atoms with Crippen LogP contribution in [0.4, 0.5) is 0 Å². The van der Waals surface area contributed by atoms with E-state index < -0.39 is 12.0 Å². The van der Waals surface area contributed by atoms with Gasteiger partial charge in [-0.15, -0.1) is 0 Å². The number of hydrogen-bond donors (Lipinski definition) is 3. The van der Waals surface area contributed by atoms with Gasteiger partial charge in [0.15, 0.2) is 0 Å². The van der Waals surface area contributed by atoms with Crippen LogP contribution >= 0.6 is 0 Å². The van der Waals surface area contributed by atoms with Gasteiger partial charge in [-0.1, -0.05) is 147 Å². The number of ether oxygens (including phenoxy) is 1. The van der Waals surface area contributed by atoms with Gasteiger partial charge in [-0.25, -0.2) is 4.79 Å². The minimum atomic E-state index is -1.00. The number of carboxylic acids is 1. The quantitative estimate of drug-likeness (QED) is 0.0332. The van der Waals surface area contributed by atoms with Gasteiger partial charge in [0.1, 0.15) is 12.1 Å². The average Bonchev–Trinajstić information content (AvgIpc) is 3.11. The van der Waals surface area contributed by atoms with Crippen molar-refractivity contribution in [2.45, 2.75) is 219 Å². The molecule has 0 radical (unpaired) electrons. The number of amides is 1. The summed E-state index contributed by atoms with van der Waals surface area (Å²) in [4.78, 5) is 36.3. The molecule has 0 heterocycles. The largest absolute Gasteiger partial charge is 0.480 e. The van der Waals surface area contributed by atoms with Crippen LogP contribution in [0.2, 0.25) is 0 Å². The Labute approximate surface area is 314 Å². The van der Waals surface area contributed by atoms with E-state index in [1.54, 1.807) is 0 Å². The van der Waals surface area contributed by atoms with Crippen molar-refractivity contribution in [3.8, 4) is 0 Å². The van der Waals surface area contributed by atoms with E-state index in [9.17, 15) is 19.5 Å². The summed E-state index contributed by atoms with van der Waals surface area (Å²) in [6, 6.07) is -0.856. The monoisotopic (exact) mass is 717 g/mol. The zero-order chi connectivity index (χ0) is 37.5. The molecule has 0 fully saturated rings. The minimum absolute atomic E-state index is 0.0119. The number of nitrogens with one attached hydrogen (secondary N) is 1. The number of carboxylic acid groups (broad SMARTS) is 1. The van der Waals surface area contributed by atoms with Gasteiger partial charge in [-0.05, 0) is 90.0 Å². The molecule has 2 unspecified atom stereocenters. The lowest BCUT2D eigenvalue weighted by Gasteiger charge is -2.18. The highest BCUT2D eigenvalue weighted by Gasteiger charge is 2.19. The van der Waals surface area contributed by atoms with Crippen molar-refractivity contribution in [3.63, 3.8) is 0 Å². The molecule has 0 aromatic heterocycles. The molecule has 7 nitrogen and oxygen atoms in total. The maximum Gasteiger partial charge on any atom is 0.326 e. The van der Waals surface area contributed by atoms with Gasteiger partial charge in [0.2, 0.25) is 5.91 Å². The Balaban J connectivity index is 4.21. The van der Waals surface area contributed by atoms with E-state index in [0.29, 0.717) is 32.2 Å². The summed E-state index contributed by atoms with van der Waals surface area (Å²) in [7, 11) is 0. The summed E-state index contributed by atoms with van der Waals surface area (Å²) in [6.07, 6.45) is 44.7. The van der Waals surface area contributed by atoms with Crippen molar-refractivity contribution in [1.82, 2.24) is 5.32 Å². The summed E-state index contributed by atoms with van der Waals surface area (Å²) in [5.74, 6) is -1.24. The van der Waals surface area contributed by atoms with Crippen molar-refractivity contribution in [1.29, 1.82) is 0 Å². The van der Waals surface area contributed by atoms with Crippen molar-refractivity contribution < 1.29 is 24.2 Å². The smallest absolute Gasteiger partial charge is 0.326 e. The highest BCUT2D eigenvalue weighted by molar-refractivity contribution is 5.83. The van der Waals surface area contributed by atoms with E-state index >= 15 is 0 Å². The second-order valence-electron chi connectivity index (χ2n) is 14.4. The highest BCUT2D eigenvalue weighted by Crippen LogP contribution is 2.19. The highest BCUT2D eigenvalue weighted by atomic mass is 16.5. The molecule has 0 saturated heterocycles. The Morgan fingerprint density at radius 3 is 1.63 bits per heavy atom.